The number of rotatable bonds is 3. The van der Waals surface area contributed by atoms with E-state index in [1.54, 1.807) is 20.8 Å². The van der Waals surface area contributed by atoms with Gasteiger partial charge < -0.3 is 4.42 Å². The third-order valence-electron chi connectivity index (χ3n) is 4.67. The average molecular weight is 349 g/mol. The van der Waals surface area contributed by atoms with E-state index in [0.29, 0.717) is 22.4 Å². The number of benzene rings is 1. The van der Waals surface area contributed by atoms with Crippen LogP contribution in [0.3, 0.4) is 0 Å². The largest absolute Gasteiger partial charge is 0.444 e. The van der Waals surface area contributed by atoms with Crippen LogP contribution < -0.4 is 10.9 Å². The van der Waals surface area contributed by atoms with Crippen molar-refractivity contribution in [1.82, 2.24) is 4.57 Å². The Labute approximate surface area is 150 Å². The summed E-state index contributed by atoms with van der Waals surface area (Å²) < 4.78 is 6.94. The third kappa shape index (κ3) is 2.78. The van der Waals surface area contributed by atoms with Gasteiger partial charge in [-0.2, -0.15) is 5.26 Å². The van der Waals surface area contributed by atoms with Crippen LogP contribution in [-0.4, -0.2) is 10.5 Å². The highest BCUT2D eigenvalue weighted by molar-refractivity contribution is 5.95. The molecule has 2 aromatic heterocycles. The third-order valence-corrected chi connectivity index (χ3v) is 4.67. The van der Waals surface area contributed by atoms with E-state index >= 15 is 0 Å². The molecule has 132 valence electrons. The lowest BCUT2D eigenvalue weighted by Crippen LogP contribution is -2.31. The molecular weight excluding hydrogens is 330 g/mol. The summed E-state index contributed by atoms with van der Waals surface area (Å²) in [6.45, 7) is 7.00. The van der Waals surface area contributed by atoms with Gasteiger partial charge in [0.05, 0.1) is 5.52 Å². The van der Waals surface area contributed by atoms with Crippen molar-refractivity contribution in [3.8, 4) is 6.07 Å². The second kappa shape index (κ2) is 6.52. The van der Waals surface area contributed by atoms with Gasteiger partial charge in [-0.1, -0.05) is 18.2 Å². The second-order valence-corrected chi connectivity index (χ2v) is 6.32. The van der Waals surface area contributed by atoms with Gasteiger partial charge in [-0.05, 0) is 39.3 Å². The van der Waals surface area contributed by atoms with Crippen molar-refractivity contribution >= 4 is 22.7 Å². The fourth-order valence-electron chi connectivity index (χ4n) is 3.05. The monoisotopic (exact) mass is 349 g/mol. The minimum atomic E-state index is -0.773. The standard InChI is InChI=1S/C20H19N3O3/c1-11-9-18(24)23(17-8-6-5-7-15(11)17)13(3)19(25)22-20-16(10-21)12(2)14(4)26-20/h5-9,13H,1-4H3,(H,22,25). The Hall–Kier alpha value is -3.33. The number of aryl methyl sites for hydroxylation is 2. The number of furan rings is 1. The maximum atomic E-state index is 12.7. The first-order chi connectivity index (χ1) is 12.3. The summed E-state index contributed by atoms with van der Waals surface area (Å²) >= 11 is 0. The molecule has 6 nitrogen and oxygen atoms in total. The maximum Gasteiger partial charge on any atom is 0.252 e. The summed E-state index contributed by atoms with van der Waals surface area (Å²) in [6.07, 6.45) is 0. The predicted molar refractivity (Wildman–Crippen MR) is 99.2 cm³/mol. The van der Waals surface area contributed by atoms with E-state index in [0.717, 1.165) is 10.9 Å². The van der Waals surface area contributed by atoms with Crippen molar-refractivity contribution in [2.45, 2.75) is 33.7 Å². The Morgan fingerprint density at radius 2 is 1.96 bits per heavy atom. The number of amides is 1. The van der Waals surface area contributed by atoms with Gasteiger partial charge in [0.15, 0.2) is 0 Å². The molecule has 1 amide bonds. The summed E-state index contributed by atoms with van der Waals surface area (Å²) in [5.41, 5.74) is 2.28. The number of anilines is 1. The number of nitrogens with zero attached hydrogens (tertiary/aromatic N) is 2. The highest BCUT2D eigenvalue weighted by Crippen LogP contribution is 2.26. The van der Waals surface area contributed by atoms with Gasteiger partial charge in [-0.3, -0.25) is 19.5 Å². The Balaban J connectivity index is 2.03. The highest BCUT2D eigenvalue weighted by Gasteiger charge is 2.23. The zero-order chi connectivity index (χ0) is 19.0. The van der Waals surface area contributed by atoms with Gasteiger partial charge in [-0.25, -0.2) is 0 Å². The van der Waals surface area contributed by atoms with Crippen molar-refractivity contribution in [3.05, 3.63) is 63.1 Å². The van der Waals surface area contributed by atoms with Crippen LogP contribution in [0.1, 0.15) is 35.4 Å². The molecule has 0 aliphatic carbocycles. The minimum absolute atomic E-state index is 0.115. The lowest BCUT2D eigenvalue weighted by atomic mass is 10.1. The van der Waals surface area contributed by atoms with Crippen LogP contribution >= 0.6 is 0 Å². The van der Waals surface area contributed by atoms with E-state index in [1.165, 1.54) is 10.6 Å². The van der Waals surface area contributed by atoms with Gasteiger partial charge in [0.1, 0.15) is 23.4 Å². The molecule has 1 N–H and O–H groups in total. The Morgan fingerprint density at radius 3 is 2.65 bits per heavy atom. The van der Waals surface area contributed by atoms with E-state index in [1.807, 2.05) is 37.3 Å². The molecule has 1 unspecified atom stereocenters. The van der Waals surface area contributed by atoms with Gasteiger partial charge in [-0.15, -0.1) is 0 Å². The molecule has 3 rings (SSSR count). The number of carbonyl (C=O) groups is 1. The van der Waals surface area contributed by atoms with Crippen LogP contribution in [0, 0.1) is 32.1 Å². The normalized spacial score (nSPS) is 12.0. The van der Waals surface area contributed by atoms with Gasteiger partial charge >= 0.3 is 0 Å². The summed E-state index contributed by atoms with van der Waals surface area (Å²) in [5.74, 6) is 0.262. The second-order valence-electron chi connectivity index (χ2n) is 6.32. The molecule has 0 aliphatic heterocycles. The number of nitrogens with one attached hydrogen (secondary N) is 1. The fraction of sp³-hybridized carbons (Fsp3) is 0.250. The van der Waals surface area contributed by atoms with E-state index in [-0.39, 0.29) is 11.4 Å². The van der Waals surface area contributed by atoms with Gasteiger partial charge in [0.2, 0.25) is 11.8 Å². The molecular formula is C20H19N3O3. The molecule has 0 spiro atoms. The first kappa shape index (κ1) is 17.5. The van der Waals surface area contributed by atoms with Crippen molar-refractivity contribution in [3.63, 3.8) is 0 Å². The van der Waals surface area contributed by atoms with E-state index in [2.05, 4.69) is 5.32 Å². The smallest absolute Gasteiger partial charge is 0.252 e. The van der Waals surface area contributed by atoms with Crippen molar-refractivity contribution in [1.29, 1.82) is 5.26 Å². The maximum absolute atomic E-state index is 12.7. The quantitative estimate of drug-likeness (QED) is 0.782. The summed E-state index contributed by atoms with van der Waals surface area (Å²) in [5, 5.41) is 12.8. The Bertz CT molecular complexity index is 1120. The SMILES string of the molecule is Cc1oc(NC(=O)C(C)n2c(=O)cc(C)c3ccccc32)c(C#N)c1C. The number of para-hydroxylation sites is 1. The van der Waals surface area contributed by atoms with Crippen LogP contribution in [0.4, 0.5) is 5.88 Å². The molecule has 1 aromatic carbocycles. The number of fused-ring (bicyclic) bond motifs is 1. The summed E-state index contributed by atoms with van der Waals surface area (Å²) in [6, 6.07) is 10.2. The number of hydrogen-bond donors (Lipinski definition) is 1. The fourth-order valence-corrected chi connectivity index (χ4v) is 3.05. The molecule has 2 heterocycles. The van der Waals surface area contributed by atoms with E-state index < -0.39 is 11.9 Å². The first-order valence-electron chi connectivity index (χ1n) is 8.27. The zero-order valence-corrected chi connectivity index (χ0v) is 15.1. The molecule has 0 saturated carbocycles. The van der Waals surface area contributed by atoms with Crippen LogP contribution in [-0.2, 0) is 4.79 Å². The molecule has 3 aromatic rings. The Kier molecular flexibility index (Phi) is 4.39. The summed E-state index contributed by atoms with van der Waals surface area (Å²) in [7, 11) is 0. The molecule has 6 heteroatoms. The van der Waals surface area contributed by atoms with Crippen molar-refractivity contribution in [2.24, 2.45) is 0 Å². The van der Waals surface area contributed by atoms with E-state index in [4.69, 9.17) is 4.42 Å². The predicted octanol–water partition coefficient (Wildman–Crippen LogP) is 3.59. The van der Waals surface area contributed by atoms with E-state index in [9.17, 15) is 14.9 Å². The van der Waals surface area contributed by atoms with Crippen molar-refractivity contribution in [2.75, 3.05) is 5.32 Å². The molecule has 0 fully saturated rings. The lowest BCUT2D eigenvalue weighted by molar-refractivity contribution is -0.118. The Morgan fingerprint density at radius 1 is 1.27 bits per heavy atom. The number of aromatic nitrogens is 1. The molecule has 0 bridgehead atoms. The molecule has 26 heavy (non-hydrogen) atoms. The number of nitriles is 1. The molecule has 0 radical (unpaired) electrons. The molecule has 0 aliphatic rings. The molecule has 1 atom stereocenters. The van der Waals surface area contributed by atoms with Gasteiger partial charge in [0.25, 0.3) is 5.56 Å². The number of hydrogen-bond acceptors (Lipinski definition) is 4. The highest BCUT2D eigenvalue weighted by atomic mass is 16.4. The number of carbonyl (C=O) groups excluding carboxylic acids is 1. The zero-order valence-electron chi connectivity index (χ0n) is 15.1. The molecule has 0 saturated heterocycles. The number of pyridine rings is 1. The lowest BCUT2D eigenvalue weighted by Gasteiger charge is -2.18. The van der Waals surface area contributed by atoms with Crippen LogP contribution in [0.25, 0.3) is 10.9 Å². The van der Waals surface area contributed by atoms with Gasteiger partial charge in [0, 0.05) is 17.0 Å². The van der Waals surface area contributed by atoms with Crippen LogP contribution in [0.15, 0.2) is 39.5 Å². The minimum Gasteiger partial charge on any atom is -0.444 e. The van der Waals surface area contributed by atoms with Crippen LogP contribution in [0.2, 0.25) is 0 Å². The van der Waals surface area contributed by atoms with Crippen molar-refractivity contribution < 1.29 is 9.21 Å². The van der Waals surface area contributed by atoms with Crippen LogP contribution in [0.5, 0.6) is 0 Å². The topological polar surface area (TPSA) is 88.0 Å². The first-order valence-corrected chi connectivity index (χ1v) is 8.27. The summed E-state index contributed by atoms with van der Waals surface area (Å²) in [4.78, 5) is 25.3. The average Bonchev–Trinajstić information content (AvgIpc) is 2.88.